The Kier molecular flexibility index (Phi) is 11.0. The van der Waals surface area contributed by atoms with Crippen LogP contribution in [0.4, 0.5) is 14.9 Å². The summed E-state index contributed by atoms with van der Waals surface area (Å²) in [7, 11) is 4.64. The number of carbonyl (C=O) groups excluding carboxylic acids is 2. The van der Waals surface area contributed by atoms with Crippen LogP contribution in [0.25, 0.3) is 0 Å². The van der Waals surface area contributed by atoms with Gasteiger partial charge in [-0.25, -0.2) is 9.18 Å². The van der Waals surface area contributed by atoms with Crippen LogP contribution in [0.5, 0.6) is 17.2 Å². The van der Waals surface area contributed by atoms with E-state index in [0.717, 1.165) is 19.3 Å². The highest BCUT2D eigenvalue weighted by Crippen LogP contribution is 2.34. The molecule has 38 heavy (non-hydrogen) atoms. The second-order valence-corrected chi connectivity index (χ2v) is 9.17. The summed E-state index contributed by atoms with van der Waals surface area (Å²) >= 11 is 0. The lowest BCUT2D eigenvalue weighted by Gasteiger charge is -2.40. The number of urea groups is 1. The molecule has 0 saturated carbocycles. The number of methoxy groups -OCH3 is 2. The van der Waals surface area contributed by atoms with Crippen molar-refractivity contribution in [2.45, 2.75) is 32.7 Å². The molecule has 2 aromatic carbocycles. The molecule has 1 atom stereocenters. The predicted molar refractivity (Wildman–Crippen MR) is 142 cm³/mol. The number of benzene rings is 2. The Morgan fingerprint density at radius 1 is 1.05 bits per heavy atom. The molecule has 1 aliphatic heterocycles. The second kappa shape index (κ2) is 14.4. The lowest BCUT2D eigenvalue weighted by molar-refractivity contribution is -0.125. The van der Waals surface area contributed by atoms with Crippen LogP contribution >= 0.6 is 0 Å². The van der Waals surface area contributed by atoms with Gasteiger partial charge in [-0.15, -0.1) is 0 Å². The van der Waals surface area contributed by atoms with Crippen molar-refractivity contribution in [3.8, 4) is 17.2 Å². The van der Waals surface area contributed by atoms with Gasteiger partial charge in [0.1, 0.15) is 18.2 Å². The molecule has 208 valence electrons. The van der Waals surface area contributed by atoms with Gasteiger partial charge in [-0.3, -0.25) is 9.69 Å². The van der Waals surface area contributed by atoms with Gasteiger partial charge >= 0.3 is 6.03 Å². The molecule has 0 bridgehead atoms. The molecular formula is C28H38FN3O6. The van der Waals surface area contributed by atoms with E-state index in [2.05, 4.69) is 12.2 Å². The maximum atomic E-state index is 14.0. The zero-order chi connectivity index (χ0) is 27.5. The molecule has 10 heteroatoms. The van der Waals surface area contributed by atoms with E-state index in [-0.39, 0.29) is 37.6 Å². The second-order valence-electron chi connectivity index (χ2n) is 9.17. The molecule has 0 aliphatic carbocycles. The summed E-state index contributed by atoms with van der Waals surface area (Å²) in [6.45, 7) is 3.77. The lowest BCUT2D eigenvalue weighted by atomic mass is 10.0. The fraction of sp³-hybridized carbons (Fsp3) is 0.500. The fourth-order valence-corrected chi connectivity index (χ4v) is 4.36. The Morgan fingerprint density at radius 3 is 2.53 bits per heavy atom. The van der Waals surface area contributed by atoms with Gasteiger partial charge in [-0.2, -0.15) is 0 Å². The topological polar surface area (TPSA) is 89.6 Å². The molecular weight excluding hydrogens is 493 g/mol. The average Bonchev–Trinajstić information content (AvgIpc) is 2.92. The SMILES string of the molecule is CCCCCOc1cc(N2CC(COCC(=O)NC)CN(Cc3cc(F)ccc3OC)C2=O)ccc1OC. The van der Waals surface area contributed by atoms with Gasteiger partial charge in [-0.1, -0.05) is 19.8 Å². The van der Waals surface area contributed by atoms with Crippen molar-refractivity contribution in [2.75, 3.05) is 59.1 Å². The maximum absolute atomic E-state index is 14.0. The lowest BCUT2D eigenvalue weighted by Crippen LogP contribution is -2.54. The Morgan fingerprint density at radius 2 is 1.82 bits per heavy atom. The molecule has 1 saturated heterocycles. The molecule has 1 heterocycles. The Hall–Kier alpha value is -3.53. The minimum absolute atomic E-state index is 0.0725. The van der Waals surface area contributed by atoms with Crippen LogP contribution in [-0.4, -0.2) is 71.0 Å². The van der Waals surface area contributed by atoms with Gasteiger partial charge in [0.05, 0.1) is 34.0 Å². The van der Waals surface area contributed by atoms with Gasteiger partial charge in [0.15, 0.2) is 11.5 Å². The maximum Gasteiger partial charge on any atom is 0.324 e. The zero-order valence-electron chi connectivity index (χ0n) is 22.6. The number of ether oxygens (including phenoxy) is 4. The van der Waals surface area contributed by atoms with Crippen LogP contribution in [0.2, 0.25) is 0 Å². The first-order valence-corrected chi connectivity index (χ1v) is 12.9. The molecule has 1 fully saturated rings. The van der Waals surface area contributed by atoms with E-state index in [9.17, 15) is 14.0 Å². The third-order valence-electron chi connectivity index (χ3n) is 6.35. The molecule has 2 aromatic rings. The number of hydrogen-bond donors (Lipinski definition) is 1. The monoisotopic (exact) mass is 531 g/mol. The highest BCUT2D eigenvalue weighted by molar-refractivity contribution is 5.93. The van der Waals surface area contributed by atoms with Gasteiger partial charge in [0.25, 0.3) is 0 Å². The summed E-state index contributed by atoms with van der Waals surface area (Å²) in [5.41, 5.74) is 1.20. The number of hydrogen-bond acceptors (Lipinski definition) is 6. The predicted octanol–water partition coefficient (Wildman–Crippen LogP) is 4.23. The molecule has 1 unspecified atom stereocenters. The van der Waals surface area contributed by atoms with Crippen LogP contribution in [-0.2, 0) is 16.1 Å². The van der Waals surface area contributed by atoms with Crippen LogP contribution in [0.3, 0.4) is 0 Å². The van der Waals surface area contributed by atoms with E-state index in [0.29, 0.717) is 48.2 Å². The number of nitrogens with one attached hydrogen (secondary N) is 1. The van der Waals surface area contributed by atoms with Crippen molar-refractivity contribution < 1.29 is 32.9 Å². The van der Waals surface area contributed by atoms with Gasteiger partial charge in [0.2, 0.25) is 5.91 Å². The summed E-state index contributed by atoms with van der Waals surface area (Å²) in [4.78, 5) is 28.6. The highest BCUT2D eigenvalue weighted by Gasteiger charge is 2.34. The van der Waals surface area contributed by atoms with E-state index < -0.39 is 5.82 Å². The van der Waals surface area contributed by atoms with E-state index >= 15 is 0 Å². The first-order chi connectivity index (χ1) is 18.4. The first kappa shape index (κ1) is 29.0. The van der Waals surface area contributed by atoms with Crippen molar-refractivity contribution in [3.05, 3.63) is 47.8 Å². The van der Waals surface area contributed by atoms with E-state index in [1.807, 2.05) is 6.07 Å². The van der Waals surface area contributed by atoms with E-state index in [4.69, 9.17) is 18.9 Å². The van der Waals surface area contributed by atoms with Crippen LogP contribution in [0.1, 0.15) is 31.7 Å². The summed E-state index contributed by atoms with van der Waals surface area (Å²) in [6, 6.07) is 9.40. The van der Waals surface area contributed by atoms with Gasteiger partial charge in [-0.05, 0) is 36.8 Å². The molecule has 1 N–H and O–H groups in total. The number of unbranched alkanes of at least 4 members (excludes halogenated alkanes) is 2. The highest BCUT2D eigenvalue weighted by atomic mass is 19.1. The summed E-state index contributed by atoms with van der Waals surface area (Å²) in [6.07, 6.45) is 3.06. The normalized spacial score (nSPS) is 15.4. The van der Waals surface area contributed by atoms with E-state index in [1.165, 1.54) is 19.2 Å². The van der Waals surface area contributed by atoms with Crippen molar-refractivity contribution >= 4 is 17.6 Å². The third kappa shape index (κ3) is 7.74. The van der Waals surface area contributed by atoms with Gasteiger partial charge < -0.3 is 29.2 Å². The molecule has 3 amide bonds. The molecule has 3 rings (SSSR count). The fourth-order valence-electron chi connectivity index (χ4n) is 4.36. The number of likely N-dealkylation sites (N-methyl/N-ethyl adjacent to an activating group) is 1. The number of carbonyl (C=O) groups is 2. The van der Waals surface area contributed by atoms with Crippen molar-refractivity contribution in [2.24, 2.45) is 5.92 Å². The molecule has 0 aromatic heterocycles. The minimum Gasteiger partial charge on any atom is -0.496 e. The summed E-state index contributed by atoms with van der Waals surface area (Å²) < 4.78 is 36.5. The van der Waals surface area contributed by atoms with Crippen LogP contribution in [0, 0.1) is 11.7 Å². The Labute approximate surface area is 223 Å². The average molecular weight is 532 g/mol. The van der Waals surface area contributed by atoms with Crippen molar-refractivity contribution in [1.29, 1.82) is 0 Å². The first-order valence-electron chi connectivity index (χ1n) is 12.9. The van der Waals surface area contributed by atoms with E-state index in [1.54, 1.807) is 42.2 Å². The Balaban J connectivity index is 1.86. The van der Waals surface area contributed by atoms with Crippen LogP contribution < -0.4 is 24.4 Å². The molecule has 0 spiro atoms. The molecule has 0 radical (unpaired) electrons. The summed E-state index contributed by atoms with van der Waals surface area (Å²) in [5.74, 6) is 0.901. The standard InChI is InChI=1S/C28H38FN3O6/c1-5-6-7-12-38-26-14-23(9-11-25(26)36-4)32-16-20(18-37-19-27(33)30-2)15-31(28(32)34)17-21-13-22(29)8-10-24(21)35-3/h8-11,13-14,20H,5-7,12,15-19H2,1-4H3,(H,30,33). The van der Waals surface area contributed by atoms with Crippen molar-refractivity contribution in [1.82, 2.24) is 10.2 Å². The molecule has 9 nitrogen and oxygen atoms in total. The summed E-state index contributed by atoms with van der Waals surface area (Å²) in [5, 5.41) is 2.53. The number of anilines is 1. The number of nitrogens with zero attached hydrogens (tertiary/aromatic N) is 2. The Bertz CT molecular complexity index is 1080. The number of halogens is 1. The van der Waals surface area contributed by atoms with Crippen LogP contribution in [0.15, 0.2) is 36.4 Å². The van der Waals surface area contributed by atoms with Crippen molar-refractivity contribution in [3.63, 3.8) is 0 Å². The van der Waals surface area contributed by atoms with Gasteiger partial charge in [0, 0.05) is 43.4 Å². The molecule has 1 aliphatic rings. The zero-order valence-corrected chi connectivity index (χ0v) is 22.6. The number of rotatable bonds is 14. The third-order valence-corrected chi connectivity index (χ3v) is 6.35. The minimum atomic E-state index is -0.410. The quantitative estimate of drug-likeness (QED) is 0.367. The largest absolute Gasteiger partial charge is 0.496 e. The smallest absolute Gasteiger partial charge is 0.324 e. The number of amides is 3.